The third-order valence-electron chi connectivity index (χ3n) is 4.22. The van der Waals surface area contributed by atoms with Gasteiger partial charge >= 0.3 is 6.18 Å². The molecule has 124 valence electrons. The van der Waals surface area contributed by atoms with Crippen molar-refractivity contribution in [1.29, 1.82) is 0 Å². The number of halogens is 3. The summed E-state index contributed by atoms with van der Waals surface area (Å²) in [6.07, 6.45) is -4.34. The van der Waals surface area contributed by atoms with E-state index in [0.717, 1.165) is 28.5 Å². The van der Waals surface area contributed by atoms with Gasteiger partial charge in [0.05, 0.1) is 5.56 Å². The fourth-order valence-electron chi connectivity index (χ4n) is 2.96. The van der Waals surface area contributed by atoms with Crippen LogP contribution in [0.5, 0.6) is 0 Å². The van der Waals surface area contributed by atoms with E-state index in [1.165, 1.54) is 11.6 Å². The van der Waals surface area contributed by atoms with Crippen LogP contribution in [-0.4, -0.2) is 0 Å². The number of nitrogens with one attached hydrogen (secondary N) is 1. The van der Waals surface area contributed by atoms with Gasteiger partial charge < -0.3 is 5.32 Å². The van der Waals surface area contributed by atoms with Crippen molar-refractivity contribution in [3.05, 3.63) is 77.4 Å². The summed E-state index contributed by atoms with van der Waals surface area (Å²) in [5.41, 5.74) is 2.06. The number of fused-ring (bicyclic) bond motifs is 1. The Morgan fingerprint density at radius 1 is 0.875 bits per heavy atom. The van der Waals surface area contributed by atoms with Crippen LogP contribution >= 0.6 is 0 Å². The summed E-state index contributed by atoms with van der Waals surface area (Å²) < 4.78 is 38.6. The standard InChI is InChI=1S/C20H18F3N/c1-13-10-11-18(19-9-4-3-8-17(13)19)14(2)24-16-7-5-6-15(12-16)20(21,22)23/h3-12,14,24H,1-2H3. The van der Waals surface area contributed by atoms with E-state index in [4.69, 9.17) is 0 Å². The molecule has 4 heteroatoms. The Kier molecular flexibility index (Phi) is 4.22. The van der Waals surface area contributed by atoms with Crippen LogP contribution in [0.1, 0.15) is 29.7 Å². The SMILES string of the molecule is Cc1ccc(C(C)Nc2cccc(C(F)(F)F)c2)c2ccccc12. The van der Waals surface area contributed by atoms with Gasteiger partial charge in [-0.15, -0.1) is 0 Å². The maximum atomic E-state index is 12.9. The molecule has 0 heterocycles. The molecule has 0 saturated heterocycles. The molecule has 0 radical (unpaired) electrons. The first-order chi connectivity index (χ1) is 11.4. The molecule has 0 bridgehead atoms. The minimum atomic E-state index is -4.34. The van der Waals surface area contributed by atoms with Gasteiger partial charge in [-0.2, -0.15) is 13.2 Å². The van der Waals surface area contributed by atoms with E-state index in [0.29, 0.717) is 5.69 Å². The molecule has 3 aromatic carbocycles. The van der Waals surface area contributed by atoms with Crippen LogP contribution in [-0.2, 0) is 6.18 Å². The number of benzene rings is 3. The minimum Gasteiger partial charge on any atom is -0.378 e. The molecule has 0 aliphatic rings. The van der Waals surface area contributed by atoms with Gasteiger partial charge in [0.2, 0.25) is 0 Å². The molecule has 0 aromatic heterocycles. The summed E-state index contributed by atoms with van der Waals surface area (Å²) in [6, 6.07) is 17.3. The maximum Gasteiger partial charge on any atom is 0.416 e. The van der Waals surface area contributed by atoms with Crippen LogP contribution in [0.2, 0.25) is 0 Å². The molecule has 0 fully saturated rings. The zero-order chi connectivity index (χ0) is 17.3. The molecule has 0 saturated carbocycles. The summed E-state index contributed by atoms with van der Waals surface area (Å²) in [4.78, 5) is 0. The molecule has 3 aromatic rings. The Bertz CT molecular complexity index is 868. The molecule has 1 N–H and O–H groups in total. The summed E-state index contributed by atoms with van der Waals surface area (Å²) in [7, 11) is 0. The van der Waals surface area contributed by atoms with Crippen LogP contribution in [0.25, 0.3) is 10.8 Å². The van der Waals surface area contributed by atoms with E-state index < -0.39 is 11.7 Å². The maximum absolute atomic E-state index is 12.9. The van der Waals surface area contributed by atoms with E-state index in [1.54, 1.807) is 6.07 Å². The van der Waals surface area contributed by atoms with Crippen LogP contribution in [0, 0.1) is 6.92 Å². The Balaban J connectivity index is 1.94. The van der Waals surface area contributed by atoms with Crippen molar-refractivity contribution in [1.82, 2.24) is 0 Å². The van der Waals surface area contributed by atoms with Gasteiger partial charge in [-0.25, -0.2) is 0 Å². The van der Waals surface area contributed by atoms with E-state index in [-0.39, 0.29) is 6.04 Å². The lowest BCUT2D eigenvalue weighted by atomic mass is 9.96. The third kappa shape index (κ3) is 3.23. The molecule has 24 heavy (non-hydrogen) atoms. The molecule has 3 rings (SSSR count). The van der Waals surface area contributed by atoms with Crippen molar-refractivity contribution in [2.45, 2.75) is 26.1 Å². The Hall–Kier alpha value is -2.49. The van der Waals surface area contributed by atoms with Crippen LogP contribution in [0.15, 0.2) is 60.7 Å². The lowest BCUT2D eigenvalue weighted by Gasteiger charge is -2.19. The van der Waals surface area contributed by atoms with Gasteiger partial charge in [0, 0.05) is 11.7 Å². The highest BCUT2D eigenvalue weighted by Gasteiger charge is 2.30. The molecule has 1 nitrogen and oxygen atoms in total. The normalized spacial score (nSPS) is 13.0. The van der Waals surface area contributed by atoms with Crippen molar-refractivity contribution >= 4 is 16.5 Å². The molecule has 1 atom stereocenters. The van der Waals surface area contributed by atoms with Gasteiger partial charge in [-0.3, -0.25) is 0 Å². The van der Waals surface area contributed by atoms with Gasteiger partial charge in [-0.05, 0) is 53.9 Å². The molecule has 0 aliphatic carbocycles. The van der Waals surface area contributed by atoms with Crippen molar-refractivity contribution in [2.75, 3.05) is 5.32 Å². The number of hydrogen-bond acceptors (Lipinski definition) is 1. The van der Waals surface area contributed by atoms with Gasteiger partial charge in [0.15, 0.2) is 0 Å². The van der Waals surface area contributed by atoms with Gasteiger partial charge in [-0.1, -0.05) is 42.5 Å². The lowest BCUT2D eigenvalue weighted by molar-refractivity contribution is -0.137. The van der Waals surface area contributed by atoms with Crippen LogP contribution in [0.3, 0.4) is 0 Å². The quantitative estimate of drug-likeness (QED) is 0.591. The zero-order valence-corrected chi connectivity index (χ0v) is 13.5. The number of hydrogen-bond donors (Lipinski definition) is 1. The molecule has 0 amide bonds. The molecular weight excluding hydrogens is 311 g/mol. The molecule has 0 spiro atoms. The largest absolute Gasteiger partial charge is 0.416 e. The van der Waals surface area contributed by atoms with E-state index in [9.17, 15) is 13.2 Å². The first-order valence-electron chi connectivity index (χ1n) is 7.78. The topological polar surface area (TPSA) is 12.0 Å². The molecular formula is C20H18F3N. The lowest BCUT2D eigenvalue weighted by Crippen LogP contribution is -2.09. The number of anilines is 1. The Morgan fingerprint density at radius 2 is 1.58 bits per heavy atom. The minimum absolute atomic E-state index is 0.112. The number of rotatable bonds is 3. The van der Waals surface area contributed by atoms with Crippen LogP contribution in [0.4, 0.5) is 18.9 Å². The fraction of sp³-hybridized carbons (Fsp3) is 0.200. The first kappa shape index (κ1) is 16.4. The van der Waals surface area contributed by atoms with Gasteiger partial charge in [0.1, 0.15) is 0 Å². The first-order valence-corrected chi connectivity index (χ1v) is 7.78. The Morgan fingerprint density at radius 3 is 2.29 bits per heavy atom. The highest BCUT2D eigenvalue weighted by Crippen LogP contribution is 2.33. The van der Waals surface area contributed by atoms with Crippen LogP contribution < -0.4 is 5.32 Å². The molecule has 1 unspecified atom stereocenters. The van der Waals surface area contributed by atoms with Crippen molar-refractivity contribution in [3.63, 3.8) is 0 Å². The second kappa shape index (κ2) is 6.19. The molecule has 0 aliphatic heterocycles. The summed E-state index contributed by atoms with van der Waals surface area (Å²) in [5, 5.41) is 5.46. The monoisotopic (exact) mass is 329 g/mol. The Labute approximate surface area is 139 Å². The third-order valence-corrected chi connectivity index (χ3v) is 4.22. The predicted molar refractivity (Wildman–Crippen MR) is 92.2 cm³/mol. The van der Waals surface area contributed by atoms with E-state index in [2.05, 4.69) is 18.3 Å². The highest BCUT2D eigenvalue weighted by atomic mass is 19.4. The predicted octanol–water partition coefficient (Wildman–Crippen LogP) is 6.34. The highest BCUT2D eigenvalue weighted by molar-refractivity contribution is 5.89. The second-order valence-electron chi connectivity index (χ2n) is 5.96. The van der Waals surface area contributed by atoms with Crippen molar-refractivity contribution < 1.29 is 13.2 Å². The fourth-order valence-corrected chi connectivity index (χ4v) is 2.96. The zero-order valence-electron chi connectivity index (χ0n) is 13.5. The number of alkyl halides is 3. The van der Waals surface area contributed by atoms with E-state index in [1.807, 2.05) is 37.3 Å². The van der Waals surface area contributed by atoms with Crippen molar-refractivity contribution in [3.8, 4) is 0 Å². The van der Waals surface area contributed by atoms with E-state index >= 15 is 0 Å². The summed E-state index contributed by atoms with van der Waals surface area (Å²) in [6.45, 7) is 4.01. The van der Waals surface area contributed by atoms with Gasteiger partial charge in [0.25, 0.3) is 0 Å². The summed E-state index contributed by atoms with van der Waals surface area (Å²) in [5.74, 6) is 0. The second-order valence-corrected chi connectivity index (χ2v) is 5.96. The van der Waals surface area contributed by atoms with Crippen molar-refractivity contribution in [2.24, 2.45) is 0 Å². The number of aryl methyl sites for hydroxylation is 1. The average Bonchev–Trinajstić information content (AvgIpc) is 2.55. The summed E-state index contributed by atoms with van der Waals surface area (Å²) >= 11 is 0. The smallest absolute Gasteiger partial charge is 0.378 e. The average molecular weight is 329 g/mol.